The number of rotatable bonds is 4. The molecule has 13 heavy (non-hydrogen) atoms. The molecule has 0 aromatic heterocycles. The van der Waals surface area contributed by atoms with Crippen molar-refractivity contribution in [2.75, 3.05) is 13.6 Å². The summed E-state index contributed by atoms with van der Waals surface area (Å²) in [7, 11) is 1.76. The van der Waals surface area contributed by atoms with Crippen LogP contribution in [-0.4, -0.2) is 19.8 Å². The first-order chi connectivity index (χ1) is 6.24. The van der Waals surface area contributed by atoms with Gasteiger partial charge in [-0.2, -0.15) is 0 Å². The fraction of sp³-hybridized carbons (Fsp3) is 0.400. The van der Waals surface area contributed by atoms with Crippen molar-refractivity contribution >= 4 is 15.9 Å². The lowest BCUT2D eigenvalue weighted by molar-refractivity contribution is 0.324. The van der Waals surface area contributed by atoms with E-state index in [4.69, 9.17) is 0 Å². The average molecular weight is 246 g/mol. The van der Waals surface area contributed by atoms with Gasteiger partial charge in [0.1, 0.15) is 6.17 Å². The van der Waals surface area contributed by atoms with Gasteiger partial charge in [0.25, 0.3) is 0 Å². The molecule has 0 amide bonds. The Bertz CT molecular complexity index is 265. The Morgan fingerprint density at radius 2 is 2.15 bits per heavy atom. The standard InChI is InChI=1S/C10H13BrFN/c1-13-7-9(12)6-8-4-2-3-5-10(8)11/h2-5,9,13H,6-7H2,1H3/t9-/m1/s1. The van der Waals surface area contributed by atoms with Crippen molar-refractivity contribution in [2.24, 2.45) is 0 Å². The van der Waals surface area contributed by atoms with Crippen LogP contribution in [0.2, 0.25) is 0 Å². The molecule has 0 saturated carbocycles. The molecule has 0 aliphatic carbocycles. The second-order valence-electron chi connectivity index (χ2n) is 2.95. The number of nitrogens with one attached hydrogen (secondary N) is 1. The summed E-state index contributed by atoms with van der Waals surface area (Å²) in [4.78, 5) is 0. The van der Waals surface area contributed by atoms with Crippen molar-refractivity contribution in [3.63, 3.8) is 0 Å². The number of hydrogen-bond donors (Lipinski definition) is 1. The molecule has 3 heteroatoms. The third-order valence-corrected chi connectivity index (χ3v) is 2.60. The van der Waals surface area contributed by atoms with E-state index in [0.29, 0.717) is 13.0 Å². The van der Waals surface area contributed by atoms with Gasteiger partial charge in [0, 0.05) is 17.4 Å². The van der Waals surface area contributed by atoms with Gasteiger partial charge < -0.3 is 5.32 Å². The fourth-order valence-electron chi connectivity index (χ4n) is 1.20. The SMILES string of the molecule is CNC[C@H](F)Cc1ccccc1Br. The Balaban J connectivity index is 2.58. The lowest BCUT2D eigenvalue weighted by atomic mass is 10.1. The van der Waals surface area contributed by atoms with Crippen LogP contribution >= 0.6 is 15.9 Å². The zero-order valence-corrected chi connectivity index (χ0v) is 9.14. The van der Waals surface area contributed by atoms with Crippen molar-refractivity contribution in [2.45, 2.75) is 12.6 Å². The largest absolute Gasteiger partial charge is 0.317 e. The third-order valence-electron chi connectivity index (χ3n) is 1.82. The molecule has 0 fully saturated rings. The second kappa shape index (κ2) is 5.35. The van der Waals surface area contributed by atoms with Gasteiger partial charge in [-0.1, -0.05) is 34.1 Å². The Morgan fingerprint density at radius 3 is 2.77 bits per heavy atom. The Kier molecular flexibility index (Phi) is 4.39. The smallest absolute Gasteiger partial charge is 0.117 e. The monoisotopic (exact) mass is 245 g/mol. The summed E-state index contributed by atoms with van der Waals surface area (Å²) in [5, 5.41) is 2.82. The molecule has 0 unspecified atom stereocenters. The quantitative estimate of drug-likeness (QED) is 0.860. The van der Waals surface area contributed by atoms with Crippen molar-refractivity contribution in [3.8, 4) is 0 Å². The molecule has 1 aromatic carbocycles. The Hall–Kier alpha value is -0.410. The molecule has 1 aromatic rings. The van der Waals surface area contributed by atoms with E-state index in [1.807, 2.05) is 24.3 Å². The molecular weight excluding hydrogens is 233 g/mol. The number of halogens is 2. The van der Waals surface area contributed by atoms with Gasteiger partial charge in [0.05, 0.1) is 0 Å². The van der Waals surface area contributed by atoms with Crippen LogP contribution in [0, 0.1) is 0 Å². The highest BCUT2D eigenvalue weighted by Gasteiger charge is 2.07. The van der Waals surface area contributed by atoms with E-state index in [-0.39, 0.29) is 0 Å². The first-order valence-electron chi connectivity index (χ1n) is 4.26. The third kappa shape index (κ3) is 3.44. The maximum Gasteiger partial charge on any atom is 0.117 e. The Morgan fingerprint density at radius 1 is 1.46 bits per heavy atom. The molecule has 0 aliphatic heterocycles. The molecular formula is C10H13BrFN. The highest BCUT2D eigenvalue weighted by atomic mass is 79.9. The van der Waals surface area contributed by atoms with Crippen LogP contribution in [0.4, 0.5) is 4.39 Å². The Labute approximate surface area is 86.5 Å². The van der Waals surface area contributed by atoms with Gasteiger partial charge in [-0.05, 0) is 18.7 Å². The summed E-state index contributed by atoms with van der Waals surface area (Å²) < 4.78 is 14.2. The molecule has 0 saturated heterocycles. The van der Waals surface area contributed by atoms with Crippen LogP contribution in [0.15, 0.2) is 28.7 Å². The van der Waals surface area contributed by atoms with Gasteiger partial charge in [-0.3, -0.25) is 0 Å². The number of benzene rings is 1. The maximum atomic E-state index is 13.2. The summed E-state index contributed by atoms with van der Waals surface area (Å²) in [5.41, 5.74) is 1.02. The minimum atomic E-state index is -0.816. The molecule has 1 atom stereocenters. The van der Waals surface area contributed by atoms with E-state index in [9.17, 15) is 4.39 Å². The fourth-order valence-corrected chi connectivity index (χ4v) is 1.64. The van der Waals surface area contributed by atoms with Crippen LogP contribution in [0.1, 0.15) is 5.56 Å². The van der Waals surface area contributed by atoms with Gasteiger partial charge in [0.2, 0.25) is 0 Å². The molecule has 1 nitrogen and oxygen atoms in total. The zero-order valence-electron chi connectivity index (χ0n) is 7.56. The number of alkyl halides is 1. The van der Waals surface area contributed by atoms with E-state index >= 15 is 0 Å². The van der Waals surface area contributed by atoms with Crippen LogP contribution in [0.5, 0.6) is 0 Å². The van der Waals surface area contributed by atoms with E-state index < -0.39 is 6.17 Å². The van der Waals surface area contributed by atoms with Crippen molar-refractivity contribution in [3.05, 3.63) is 34.3 Å². The van der Waals surface area contributed by atoms with Gasteiger partial charge in [-0.15, -0.1) is 0 Å². The normalized spacial score (nSPS) is 12.8. The van der Waals surface area contributed by atoms with Gasteiger partial charge >= 0.3 is 0 Å². The van der Waals surface area contributed by atoms with E-state index in [1.165, 1.54) is 0 Å². The van der Waals surface area contributed by atoms with Gasteiger partial charge in [-0.25, -0.2) is 4.39 Å². The second-order valence-corrected chi connectivity index (χ2v) is 3.80. The molecule has 0 bridgehead atoms. The highest BCUT2D eigenvalue weighted by molar-refractivity contribution is 9.10. The first-order valence-corrected chi connectivity index (χ1v) is 5.05. The summed E-state index contributed by atoms with van der Waals surface area (Å²) in [5.74, 6) is 0. The van der Waals surface area contributed by atoms with Crippen LogP contribution < -0.4 is 5.32 Å². The predicted molar refractivity (Wildman–Crippen MR) is 56.7 cm³/mol. The summed E-state index contributed by atoms with van der Waals surface area (Å²) in [6.45, 7) is 0.404. The predicted octanol–water partition coefficient (Wildman–Crippen LogP) is 2.55. The summed E-state index contributed by atoms with van der Waals surface area (Å²) >= 11 is 3.39. The molecule has 72 valence electrons. The number of hydrogen-bond acceptors (Lipinski definition) is 1. The van der Waals surface area contributed by atoms with Crippen LogP contribution in [0.25, 0.3) is 0 Å². The lowest BCUT2D eigenvalue weighted by Crippen LogP contribution is -2.21. The average Bonchev–Trinajstić information content (AvgIpc) is 2.09. The van der Waals surface area contributed by atoms with E-state index in [1.54, 1.807) is 7.05 Å². The molecule has 0 spiro atoms. The lowest BCUT2D eigenvalue weighted by Gasteiger charge is -2.08. The van der Waals surface area contributed by atoms with Crippen LogP contribution in [0.3, 0.4) is 0 Å². The summed E-state index contributed by atoms with van der Waals surface area (Å²) in [6, 6.07) is 7.72. The highest BCUT2D eigenvalue weighted by Crippen LogP contribution is 2.18. The summed E-state index contributed by atoms with van der Waals surface area (Å²) in [6.07, 6.45) is -0.355. The molecule has 0 heterocycles. The molecule has 0 radical (unpaired) electrons. The van der Waals surface area contributed by atoms with E-state index in [2.05, 4.69) is 21.2 Å². The van der Waals surface area contributed by atoms with Crippen molar-refractivity contribution in [1.82, 2.24) is 5.32 Å². The molecule has 1 rings (SSSR count). The van der Waals surface area contributed by atoms with Crippen molar-refractivity contribution in [1.29, 1.82) is 0 Å². The minimum absolute atomic E-state index is 0.404. The maximum absolute atomic E-state index is 13.2. The minimum Gasteiger partial charge on any atom is -0.317 e. The molecule has 0 aliphatic rings. The van der Waals surface area contributed by atoms with E-state index in [0.717, 1.165) is 10.0 Å². The van der Waals surface area contributed by atoms with Crippen molar-refractivity contribution < 1.29 is 4.39 Å². The topological polar surface area (TPSA) is 12.0 Å². The van der Waals surface area contributed by atoms with Gasteiger partial charge in [0.15, 0.2) is 0 Å². The molecule has 1 N–H and O–H groups in total. The van der Waals surface area contributed by atoms with Crippen LogP contribution in [-0.2, 0) is 6.42 Å². The zero-order chi connectivity index (χ0) is 9.68. The first kappa shape index (κ1) is 10.7.